The molecule has 0 spiro atoms. The molecule has 0 radical (unpaired) electrons. The maximum absolute atomic E-state index is 12.3. The average molecular weight is 277 g/mol. The smallest absolute Gasteiger partial charge is 0.319 e. The molecule has 7 heteroatoms. The molecule has 0 aliphatic carbocycles. The van der Waals surface area contributed by atoms with Gasteiger partial charge in [0, 0.05) is 46.5 Å². The highest BCUT2D eigenvalue weighted by Crippen LogP contribution is 2.13. The monoisotopic (exact) mass is 277 g/mol. The number of hydrogen-bond acceptors (Lipinski definition) is 4. The minimum absolute atomic E-state index is 0.0329. The van der Waals surface area contributed by atoms with E-state index in [-0.39, 0.29) is 17.6 Å². The van der Waals surface area contributed by atoms with Crippen molar-refractivity contribution in [1.29, 1.82) is 0 Å². The Morgan fingerprint density at radius 2 is 1.80 bits per heavy atom. The largest absolute Gasteiger partial charge is 0.397 e. The zero-order valence-electron chi connectivity index (χ0n) is 11.7. The Balaban J connectivity index is 1.99. The van der Waals surface area contributed by atoms with Crippen LogP contribution in [0, 0.1) is 0 Å². The van der Waals surface area contributed by atoms with Gasteiger partial charge in [-0.2, -0.15) is 0 Å². The number of aromatic nitrogens is 1. The summed E-state index contributed by atoms with van der Waals surface area (Å²) < 4.78 is 0. The van der Waals surface area contributed by atoms with Crippen molar-refractivity contribution in [1.82, 2.24) is 19.7 Å². The number of nitrogens with two attached hydrogens (primary N) is 1. The minimum Gasteiger partial charge on any atom is -0.397 e. The second kappa shape index (κ2) is 5.77. The standard InChI is InChI=1S/C13H19N5O2/c1-16(2)13(20)18-8-6-17(7-9-18)12(19)11-10(14)4-3-5-15-11/h3-5H,6-9,14H2,1-2H3. The Labute approximate surface area is 118 Å². The van der Waals surface area contributed by atoms with Crippen molar-refractivity contribution in [2.45, 2.75) is 0 Å². The van der Waals surface area contributed by atoms with Gasteiger partial charge in [-0.25, -0.2) is 9.78 Å². The summed E-state index contributed by atoms with van der Waals surface area (Å²) in [4.78, 5) is 33.1. The molecule has 0 bridgehead atoms. The molecule has 1 aromatic heterocycles. The maximum atomic E-state index is 12.3. The van der Waals surface area contributed by atoms with Crippen LogP contribution < -0.4 is 5.73 Å². The number of amides is 3. The van der Waals surface area contributed by atoms with E-state index in [9.17, 15) is 9.59 Å². The van der Waals surface area contributed by atoms with Gasteiger partial charge in [0.25, 0.3) is 5.91 Å². The lowest BCUT2D eigenvalue weighted by Gasteiger charge is -2.35. The van der Waals surface area contributed by atoms with Gasteiger partial charge in [0.2, 0.25) is 0 Å². The topological polar surface area (TPSA) is 82.8 Å². The number of urea groups is 1. The van der Waals surface area contributed by atoms with Crippen LogP contribution in [0.2, 0.25) is 0 Å². The molecule has 1 saturated heterocycles. The molecule has 7 nitrogen and oxygen atoms in total. The van der Waals surface area contributed by atoms with Crippen LogP contribution in [-0.2, 0) is 0 Å². The summed E-state index contributed by atoms with van der Waals surface area (Å²) in [6.45, 7) is 2.04. The van der Waals surface area contributed by atoms with Gasteiger partial charge >= 0.3 is 6.03 Å². The van der Waals surface area contributed by atoms with E-state index >= 15 is 0 Å². The van der Waals surface area contributed by atoms with Crippen LogP contribution in [0.15, 0.2) is 18.3 Å². The normalized spacial score (nSPS) is 15.1. The highest BCUT2D eigenvalue weighted by molar-refractivity contribution is 5.97. The number of nitrogens with zero attached hydrogens (tertiary/aromatic N) is 4. The minimum atomic E-state index is -0.181. The first-order valence-electron chi connectivity index (χ1n) is 6.46. The predicted octanol–water partition coefficient (Wildman–Crippen LogP) is 0.103. The first-order valence-corrected chi connectivity index (χ1v) is 6.46. The van der Waals surface area contributed by atoms with Gasteiger partial charge in [-0.05, 0) is 12.1 Å². The SMILES string of the molecule is CN(C)C(=O)N1CCN(C(=O)c2ncccc2N)CC1. The molecule has 1 aliphatic heterocycles. The summed E-state index contributed by atoms with van der Waals surface area (Å²) in [7, 11) is 3.43. The lowest BCUT2D eigenvalue weighted by atomic mass is 10.2. The van der Waals surface area contributed by atoms with Crippen molar-refractivity contribution in [3.63, 3.8) is 0 Å². The number of hydrogen-bond donors (Lipinski definition) is 1. The summed E-state index contributed by atoms with van der Waals surface area (Å²) in [6, 6.07) is 3.32. The molecule has 2 heterocycles. The molecule has 2 rings (SSSR count). The van der Waals surface area contributed by atoms with Gasteiger partial charge in [0.05, 0.1) is 5.69 Å². The van der Waals surface area contributed by atoms with Gasteiger partial charge in [-0.1, -0.05) is 0 Å². The van der Waals surface area contributed by atoms with Crippen LogP contribution in [0.3, 0.4) is 0 Å². The molecule has 20 heavy (non-hydrogen) atoms. The number of anilines is 1. The summed E-state index contributed by atoms with van der Waals surface area (Å²) >= 11 is 0. The van der Waals surface area contributed by atoms with Crippen molar-refractivity contribution in [3.8, 4) is 0 Å². The van der Waals surface area contributed by atoms with E-state index < -0.39 is 0 Å². The van der Waals surface area contributed by atoms with Crippen LogP contribution in [0.5, 0.6) is 0 Å². The van der Waals surface area contributed by atoms with E-state index in [0.717, 1.165) is 0 Å². The third-order valence-corrected chi connectivity index (χ3v) is 3.26. The van der Waals surface area contributed by atoms with Crippen molar-refractivity contribution >= 4 is 17.6 Å². The Morgan fingerprint density at radius 1 is 1.20 bits per heavy atom. The Bertz CT molecular complexity index is 509. The molecule has 2 N–H and O–H groups in total. The number of pyridine rings is 1. The van der Waals surface area contributed by atoms with E-state index in [1.807, 2.05) is 0 Å². The molecular weight excluding hydrogens is 258 g/mol. The van der Waals surface area contributed by atoms with E-state index in [2.05, 4.69) is 4.98 Å². The molecule has 0 aromatic carbocycles. The molecule has 0 atom stereocenters. The van der Waals surface area contributed by atoms with E-state index in [0.29, 0.717) is 31.9 Å². The summed E-state index contributed by atoms with van der Waals surface area (Å²) in [6.07, 6.45) is 1.55. The van der Waals surface area contributed by atoms with Crippen LogP contribution in [-0.4, -0.2) is 71.9 Å². The first-order chi connectivity index (χ1) is 9.50. The first kappa shape index (κ1) is 14.1. The van der Waals surface area contributed by atoms with Crippen LogP contribution >= 0.6 is 0 Å². The molecule has 1 fully saturated rings. The van der Waals surface area contributed by atoms with Gasteiger partial charge in [-0.15, -0.1) is 0 Å². The van der Waals surface area contributed by atoms with Gasteiger partial charge < -0.3 is 20.4 Å². The van der Waals surface area contributed by atoms with E-state index in [1.165, 1.54) is 4.90 Å². The number of piperazine rings is 1. The third kappa shape index (κ3) is 2.81. The van der Waals surface area contributed by atoms with E-state index in [1.54, 1.807) is 42.2 Å². The summed E-state index contributed by atoms with van der Waals surface area (Å²) in [5.41, 5.74) is 6.42. The average Bonchev–Trinajstić information content (AvgIpc) is 2.46. The van der Waals surface area contributed by atoms with Crippen LogP contribution in [0.4, 0.5) is 10.5 Å². The molecule has 0 saturated carbocycles. The van der Waals surface area contributed by atoms with Crippen molar-refractivity contribution in [3.05, 3.63) is 24.0 Å². The quantitative estimate of drug-likeness (QED) is 0.789. The molecule has 3 amide bonds. The molecule has 1 aliphatic rings. The maximum Gasteiger partial charge on any atom is 0.319 e. The zero-order chi connectivity index (χ0) is 14.7. The third-order valence-electron chi connectivity index (χ3n) is 3.26. The van der Waals surface area contributed by atoms with E-state index in [4.69, 9.17) is 5.73 Å². The summed E-state index contributed by atoms with van der Waals surface area (Å²) in [5, 5.41) is 0. The number of carbonyl (C=O) groups is 2. The molecule has 0 unspecified atom stereocenters. The lowest BCUT2D eigenvalue weighted by molar-refractivity contribution is 0.0645. The Hall–Kier alpha value is -2.31. The van der Waals surface area contributed by atoms with Crippen molar-refractivity contribution in [2.75, 3.05) is 46.0 Å². The predicted molar refractivity (Wildman–Crippen MR) is 75.2 cm³/mol. The molecular formula is C13H19N5O2. The Morgan fingerprint density at radius 3 is 2.35 bits per heavy atom. The second-order valence-electron chi connectivity index (χ2n) is 4.90. The lowest BCUT2D eigenvalue weighted by Crippen LogP contribution is -2.53. The van der Waals surface area contributed by atoms with Crippen molar-refractivity contribution < 1.29 is 9.59 Å². The number of rotatable bonds is 1. The highest BCUT2D eigenvalue weighted by Gasteiger charge is 2.26. The fourth-order valence-electron chi connectivity index (χ4n) is 2.13. The second-order valence-corrected chi connectivity index (χ2v) is 4.90. The number of nitrogen functional groups attached to an aromatic ring is 1. The number of carbonyl (C=O) groups excluding carboxylic acids is 2. The van der Waals surface area contributed by atoms with Gasteiger partial charge in [-0.3, -0.25) is 4.79 Å². The molecule has 1 aromatic rings. The van der Waals surface area contributed by atoms with Crippen molar-refractivity contribution in [2.24, 2.45) is 0 Å². The fraction of sp³-hybridized carbons (Fsp3) is 0.462. The van der Waals surface area contributed by atoms with Gasteiger partial charge in [0.1, 0.15) is 0 Å². The Kier molecular flexibility index (Phi) is 4.07. The zero-order valence-corrected chi connectivity index (χ0v) is 11.7. The fourth-order valence-corrected chi connectivity index (χ4v) is 2.13. The molecule has 108 valence electrons. The summed E-state index contributed by atoms with van der Waals surface area (Å²) in [5.74, 6) is -0.181. The van der Waals surface area contributed by atoms with Gasteiger partial charge in [0.15, 0.2) is 5.69 Å². The van der Waals surface area contributed by atoms with Crippen LogP contribution in [0.1, 0.15) is 10.5 Å². The van der Waals surface area contributed by atoms with Crippen LogP contribution in [0.25, 0.3) is 0 Å². The highest BCUT2D eigenvalue weighted by atomic mass is 16.2.